The molecule has 9 heterocycles. The number of amidine groups is 1. The summed E-state index contributed by atoms with van der Waals surface area (Å²) in [6, 6.07) is 27.0. The zero-order chi connectivity index (χ0) is 92.1. The molecule has 4 aliphatic rings. The minimum absolute atomic E-state index is 0.208. The fraction of sp³-hybridized carbons (Fsp3) is 0.311. The van der Waals surface area contributed by atoms with Gasteiger partial charge in [0.2, 0.25) is 5.95 Å². The number of benzene rings is 4. The maximum Gasteiger partial charge on any atom is 0.262 e. The van der Waals surface area contributed by atoms with Crippen molar-refractivity contribution < 1.29 is 63.8 Å². The van der Waals surface area contributed by atoms with E-state index in [0.29, 0.717) is 38.0 Å². The van der Waals surface area contributed by atoms with Crippen molar-refractivity contribution in [1.29, 1.82) is 0 Å². The number of pyridine rings is 4. The van der Waals surface area contributed by atoms with Crippen molar-refractivity contribution in [3.63, 3.8) is 0 Å². The van der Waals surface area contributed by atoms with Crippen LogP contribution in [0.5, 0.6) is 0 Å². The molecular weight excluding hydrogens is 1800 g/mol. The maximum absolute atomic E-state index is 13.8. The summed E-state index contributed by atoms with van der Waals surface area (Å²) >= 11 is 13.2. The maximum atomic E-state index is 13.8. The molecule has 4 amide bonds. The first-order valence-electron chi connectivity index (χ1n) is 39.6. The van der Waals surface area contributed by atoms with Gasteiger partial charge in [-0.3, -0.25) is 24.2 Å². The van der Waals surface area contributed by atoms with Crippen molar-refractivity contribution in [2.24, 2.45) is 22.8 Å². The molecule has 4 aromatic carbocycles. The molecule has 0 saturated heterocycles. The number of hydrogen-bond donors (Lipinski definition) is 7. The number of rotatable bonds is 18. The Morgan fingerprint density at radius 2 is 0.865 bits per heavy atom. The monoisotopic (exact) mass is 1900 g/mol. The predicted octanol–water partition coefficient (Wildman–Crippen LogP) is 17.6. The lowest BCUT2D eigenvalue weighted by atomic mass is 9.96. The standard InChI is InChI=1S/C22H21F2N5O.C21H22F2N4OS.C20H20F2N4OS.C18H17F2N3O.C6H15NO2.C2H3NS.CH3I/c1-14-8-10-29(22-25-9-11-28(22)2)13-16(14)15-6-7-19(26-12-15)27-21(30)20-17(23)4-3-5-18(20)24;1-13-9-10-27(21(24-2)29-3)12-15(13)14-7-8-18(25-11-14)26-20(28)19-16(22)5-4-6-17(19)23;1-12-8-9-26(20(28)23-2)11-14(12)13-6-7-17(24-10-13)25-19(27)18-15(21)4-3-5-16(18)22;1-11-7-8-21-10-13(11)12-5-6-16(22-9-12)23-18(24)17-14(19)3-2-4-15(17)20;1-3-8-6(5-7)9-4-2;1-3-2-4;1-2/h3-7,9,11-12H,8,10,13H2,1-2H3,(H,26,27,30);4-8,11H,9-10,12H2,1-3H3,(H,25,26,28);3-7,10H,8-9,11H2,1-2H3,(H,23,28)(H,24,25,27);2-6,9,21H,7-8,10H2,1H3,(H,22,23,24);6H,3-5,7H2,1-2H3;1H3;1H3. The highest BCUT2D eigenvalue weighted by atomic mass is 127. The Morgan fingerprint density at radius 1 is 0.532 bits per heavy atom. The van der Waals surface area contributed by atoms with E-state index in [4.69, 9.17) is 27.4 Å². The van der Waals surface area contributed by atoms with Crippen molar-refractivity contribution in [1.82, 2.24) is 49.9 Å². The van der Waals surface area contributed by atoms with Crippen LogP contribution in [0.4, 0.5) is 64.3 Å². The van der Waals surface area contributed by atoms with Crippen molar-refractivity contribution in [3.8, 4) is 0 Å². The number of halogens is 9. The summed E-state index contributed by atoms with van der Waals surface area (Å²) in [5, 5.41) is 19.9. The van der Waals surface area contributed by atoms with Gasteiger partial charge in [0.05, 0.1) is 5.16 Å². The van der Waals surface area contributed by atoms with Gasteiger partial charge in [-0.1, -0.05) is 80.9 Å². The van der Waals surface area contributed by atoms with Crippen LogP contribution in [0.3, 0.4) is 0 Å². The average molecular weight is 1910 g/mol. The van der Waals surface area contributed by atoms with E-state index in [-0.39, 0.29) is 29.6 Å². The Balaban J connectivity index is 0.000000219. The van der Waals surface area contributed by atoms with Gasteiger partial charge in [-0.05, 0) is 251 Å². The van der Waals surface area contributed by atoms with Gasteiger partial charge in [-0.2, -0.15) is 0 Å². The number of aliphatic imine (C=N–C) groups is 2. The quantitative estimate of drug-likeness (QED) is 0.00799. The first-order valence-corrected chi connectivity index (χ1v) is 43.8. The van der Waals surface area contributed by atoms with Gasteiger partial charge in [0.15, 0.2) is 16.6 Å². The predicted molar refractivity (Wildman–Crippen MR) is 500 cm³/mol. The van der Waals surface area contributed by atoms with E-state index in [0.717, 1.165) is 164 Å². The van der Waals surface area contributed by atoms with Crippen LogP contribution >= 0.6 is 58.8 Å². The fourth-order valence-electron chi connectivity index (χ4n) is 13.1. The van der Waals surface area contributed by atoms with Gasteiger partial charge in [-0.25, -0.2) is 65.0 Å². The SMILES string of the molecule is CC1=C(c2ccc(NC(=O)c3c(F)cccc3F)nc2)CN(c2nccn2C)CC1.CC1=C(c2ccc(NC(=O)c3c(F)cccc3F)nc2)CNCC1.CCOC(CN)OCC.CI.CN=C(SC)N1CCC(C)=C(c2ccc(NC(=O)c3c(F)cccc3F)nc2)C1.CN=C=S.CNC(=S)N1CCC(C)=C(c2ccc(NC(=O)c3c(F)cccc3F)nc2)C1. The number of anilines is 5. The van der Waals surface area contributed by atoms with Gasteiger partial charge >= 0.3 is 0 Å². The number of hydrogen-bond acceptors (Lipinski definition) is 19. The molecule has 36 heteroatoms. The van der Waals surface area contributed by atoms with Crippen LogP contribution in [0, 0.1) is 46.5 Å². The van der Waals surface area contributed by atoms with Gasteiger partial charge in [0.1, 0.15) is 92.1 Å². The summed E-state index contributed by atoms with van der Waals surface area (Å²) in [6.07, 6.45) is 15.8. The third-order valence-corrected chi connectivity index (χ3v) is 21.2. The number of isothiocyanates is 1. The molecule has 668 valence electrons. The molecule has 126 heavy (non-hydrogen) atoms. The number of carbonyl (C=O) groups excluding carboxylic acids is 4. The molecule has 9 aromatic rings. The molecule has 0 saturated carbocycles. The highest BCUT2D eigenvalue weighted by Gasteiger charge is 2.27. The minimum Gasteiger partial charge on any atom is -0.366 e. The molecule has 0 atom stereocenters. The minimum atomic E-state index is -0.919. The highest BCUT2D eigenvalue weighted by Crippen LogP contribution is 2.33. The zero-order valence-corrected chi connectivity index (χ0v) is 76.4. The van der Waals surface area contributed by atoms with Crippen LogP contribution in [0.1, 0.15) is 131 Å². The van der Waals surface area contributed by atoms with Crippen LogP contribution in [0.15, 0.2) is 191 Å². The molecule has 4 aliphatic heterocycles. The van der Waals surface area contributed by atoms with E-state index < -0.39 is 92.4 Å². The highest BCUT2D eigenvalue weighted by molar-refractivity contribution is 14.1. The fourth-order valence-corrected chi connectivity index (χ4v) is 13.9. The summed E-state index contributed by atoms with van der Waals surface area (Å²) < 4.78 is 122. The lowest BCUT2D eigenvalue weighted by Gasteiger charge is -2.31. The van der Waals surface area contributed by atoms with Crippen LogP contribution in [-0.2, 0) is 16.5 Å². The Morgan fingerprint density at radius 3 is 1.16 bits per heavy atom. The number of carbonyl (C=O) groups is 4. The molecule has 24 nitrogen and oxygen atoms in total. The molecule has 0 unspecified atom stereocenters. The number of ether oxygens (including phenoxy) is 2. The van der Waals surface area contributed by atoms with E-state index >= 15 is 0 Å². The van der Waals surface area contributed by atoms with E-state index in [1.165, 1.54) is 52.1 Å². The molecule has 0 spiro atoms. The molecule has 0 aliphatic carbocycles. The van der Waals surface area contributed by atoms with Crippen molar-refractivity contribution in [3.05, 3.63) is 272 Å². The smallest absolute Gasteiger partial charge is 0.262 e. The van der Waals surface area contributed by atoms with Crippen LogP contribution in [0.25, 0.3) is 22.3 Å². The van der Waals surface area contributed by atoms with Crippen LogP contribution in [-0.4, -0.2) is 189 Å². The van der Waals surface area contributed by atoms with E-state index in [1.807, 2.05) is 67.1 Å². The van der Waals surface area contributed by atoms with Crippen molar-refractivity contribution in [2.45, 2.75) is 73.5 Å². The Labute approximate surface area is 756 Å². The third kappa shape index (κ3) is 29.1. The van der Waals surface area contributed by atoms with Crippen molar-refractivity contribution in [2.75, 3.05) is 131 Å². The number of aryl methyl sites for hydroxylation is 1. The number of aromatic nitrogens is 6. The number of nitrogens with zero attached hydrogens (tertiary/aromatic N) is 11. The third-order valence-electron chi connectivity index (χ3n) is 19.7. The number of imidazole rings is 1. The Hall–Kier alpha value is -11.4. The molecule has 0 radical (unpaired) electrons. The second kappa shape index (κ2) is 51.9. The molecular formula is C90H101F8IN18O6S3. The largest absolute Gasteiger partial charge is 0.366 e. The van der Waals surface area contributed by atoms with E-state index in [2.05, 4.69) is 149 Å². The summed E-state index contributed by atoms with van der Waals surface area (Å²) in [7, 11) is 7.14. The number of nitrogens with one attached hydrogen (secondary N) is 6. The molecule has 0 fully saturated rings. The van der Waals surface area contributed by atoms with Crippen molar-refractivity contribution >= 4 is 149 Å². The summed E-state index contributed by atoms with van der Waals surface area (Å²) in [6.45, 7) is 20.4. The summed E-state index contributed by atoms with van der Waals surface area (Å²) in [5.41, 5.74) is 16.3. The van der Waals surface area contributed by atoms with Gasteiger partial charge < -0.3 is 66.4 Å². The number of nitrogens with two attached hydrogens (primary N) is 1. The number of alkyl halides is 1. The lowest BCUT2D eigenvalue weighted by Crippen LogP contribution is -2.41. The topological polar surface area (TPSA) is 289 Å². The Bertz CT molecular complexity index is 5350. The van der Waals surface area contributed by atoms with Gasteiger partial charge in [0.25, 0.3) is 23.6 Å². The normalized spacial score (nSPS) is 13.7. The van der Waals surface area contributed by atoms with Crippen LogP contribution < -0.4 is 42.5 Å². The van der Waals surface area contributed by atoms with E-state index in [9.17, 15) is 54.3 Å². The lowest BCUT2D eigenvalue weighted by molar-refractivity contribution is -0.128. The van der Waals surface area contributed by atoms with Crippen LogP contribution in [0.2, 0.25) is 0 Å². The number of thiocarbonyl (C=S) groups is 2. The summed E-state index contributed by atoms with van der Waals surface area (Å²) in [5.74, 6) is -8.97. The molecule has 0 bridgehead atoms. The Kier molecular flexibility index (Phi) is 41.9. The molecule has 8 N–H and O–H groups in total. The first kappa shape index (κ1) is 102. The molecule has 13 rings (SSSR count). The first-order chi connectivity index (χ1) is 60.6. The number of thioether (sulfide) groups is 1. The second-order valence-corrected chi connectivity index (χ2v) is 29.2. The molecule has 5 aromatic heterocycles. The average Bonchev–Trinajstić information content (AvgIpc) is 1.27. The van der Waals surface area contributed by atoms with Gasteiger partial charge in [0, 0.05) is 131 Å². The summed E-state index contributed by atoms with van der Waals surface area (Å²) in [4.78, 5) is 86.1. The zero-order valence-electron chi connectivity index (χ0n) is 71.8. The van der Waals surface area contributed by atoms with Gasteiger partial charge in [-0.15, -0.1) is 0 Å². The van der Waals surface area contributed by atoms with E-state index in [1.54, 1.807) is 88.2 Å². The second-order valence-electron chi connectivity index (χ2n) is 27.9. The number of amides is 4.